The summed E-state index contributed by atoms with van der Waals surface area (Å²) in [6, 6.07) is 24.3. The molecule has 6 aromatic rings. The number of non-ortho nitro benzene ring substituents is 2. The minimum Gasteiger partial charge on any atom is -0.497 e. The molecule has 0 aliphatic carbocycles. The highest BCUT2D eigenvalue weighted by Gasteiger charge is 2.14. The van der Waals surface area contributed by atoms with Crippen molar-refractivity contribution in [3.05, 3.63) is 105 Å². The number of nitrogens with zero attached hydrogens (tertiary/aromatic N) is 4. The molecule has 0 bridgehead atoms. The molecule has 12 heteroatoms. The van der Waals surface area contributed by atoms with Gasteiger partial charge < -0.3 is 9.47 Å². The highest BCUT2D eigenvalue weighted by molar-refractivity contribution is 5.94. The number of benzene rings is 4. The Labute approximate surface area is 226 Å². The molecule has 0 aliphatic rings. The van der Waals surface area contributed by atoms with Gasteiger partial charge in [0.2, 0.25) is 0 Å². The van der Waals surface area contributed by atoms with Crippen LogP contribution < -0.4 is 9.47 Å². The zero-order valence-electron chi connectivity index (χ0n) is 21.3. The van der Waals surface area contributed by atoms with Gasteiger partial charge in [-0.25, -0.2) is 0 Å². The molecule has 4 aromatic carbocycles. The quantitative estimate of drug-likeness (QED) is 0.184. The Kier molecular flexibility index (Phi) is 7.05. The van der Waals surface area contributed by atoms with Crippen molar-refractivity contribution in [2.45, 2.75) is 0 Å². The molecular formula is C28H22N6O6. The van der Waals surface area contributed by atoms with Crippen molar-refractivity contribution >= 4 is 33.2 Å². The van der Waals surface area contributed by atoms with Crippen molar-refractivity contribution in [2.24, 2.45) is 0 Å². The Balaban J connectivity index is 0.000000161. The second kappa shape index (κ2) is 10.9. The molecule has 0 saturated carbocycles. The number of ether oxygens (including phenoxy) is 2. The minimum absolute atomic E-state index is 0.0439. The van der Waals surface area contributed by atoms with E-state index in [1.54, 1.807) is 26.4 Å². The monoisotopic (exact) mass is 538 g/mol. The fraction of sp³-hybridized carbons (Fsp3) is 0.0714. The molecule has 0 spiro atoms. The van der Waals surface area contributed by atoms with Crippen LogP contribution in [-0.4, -0.2) is 44.5 Å². The van der Waals surface area contributed by atoms with Gasteiger partial charge in [0.1, 0.15) is 11.5 Å². The van der Waals surface area contributed by atoms with E-state index in [9.17, 15) is 20.2 Å². The first kappa shape index (κ1) is 25.9. The molecule has 2 heterocycles. The number of methoxy groups -OCH3 is 2. The molecule has 40 heavy (non-hydrogen) atoms. The highest BCUT2D eigenvalue weighted by Crippen LogP contribution is 2.31. The number of nitro groups is 2. The predicted molar refractivity (Wildman–Crippen MR) is 149 cm³/mol. The lowest BCUT2D eigenvalue weighted by Crippen LogP contribution is -1.86. The normalized spacial score (nSPS) is 10.7. The van der Waals surface area contributed by atoms with Crippen molar-refractivity contribution in [3.8, 4) is 34.0 Å². The SMILES string of the molecule is COc1ccc(-c2n[nH]c3cc([N+](=O)[O-])ccc23)cc1.COc1ccc(-c2n[nH]c3cc([N+](=O)[O-])ccc23)cc1. The molecule has 0 saturated heterocycles. The summed E-state index contributed by atoms with van der Waals surface area (Å²) in [5.74, 6) is 1.54. The molecule has 0 fully saturated rings. The maximum absolute atomic E-state index is 10.7. The number of rotatable bonds is 6. The summed E-state index contributed by atoms with van der Waals surface area (Å²) in [5.41, 5.74) is 4.74. The van der Waals surface area contributed by atoms with E-state index in [0.29, 0.717) is 11.0 Å². The first-order valence-corrected chi connectivity index (χ1v) is 11.9. The summed E-state index contributed by atoms with van der Waals surface area (Å²) in [6.07, 6.45) is 0. The van der Waals surface area contributed by atoms with Crippen LogP contribution in [0.5, 0.6) is 11.5 Å². The van der Waals surface area contributed by atoms with Gasteiger partial charge in [-0.05, 0) is 60.7 Å². The lowest BCUT2D eigenvalue weighted by atomic mass is 10.1. The molecule has 0 atom stereocenters. The summed E-state index contributed by atoms with van der Waals surface area (Å²) >= 11 is 0. The van der Waals surface area contributed by atoms with E-state index in [1.165, 1.54) is 24.3 Å². The average molecular weight is 539 g/mol. The molecule has 2 aromatic heterocycles. The van der Waals surface area contributed by atoms with Crippen molar-refractivity contribution < 1.29 is 19.3 Å². The van der Waals surface area contributed by atoms with E-state index in [2.05, 4.69) is 20.4 Å². The van der Waals surface area contributed by atoms with Crippen molar-refractivity contribution in [3.63, 3.8) is 0 Å². The number of nitro benzene ring substituents is 2. The van der Waals surface area contributed by atoms with Gasteiger partial charge in [-0.15, -0.1) is 0 Å². The summed E-state index contributed by atoms with van der Waals surface area (Å²) in [7, 11) is 3.22. The van der Waals surface area contributed by atoms with Gasteiger partial charge in [0.05, 0.1) is 46.5 Å². The number of nitrogens with one attached hydrogen (secondary N) is 2. The van der Waals surface area contributed by atoms with Crippen molar-refractivity contribution in [2.75, 3.05) is 14.2 Å². The molecule has 6 rings (SSSR count). The zero-order valence-corrected chi connectivity index (χ0v) is 21.3. The van der Waals surface area contributed by atoms with Crippen LogP contribution in [0.2, 0.25) is 0 Å². The van der Waals surface area contributed by atoms with Gasteiger partial charge in [-0.1, -0.05) is 0 Å². The van der Waals surface area contributed by atoms with E-state index in [4.69, 9.17) is 9.47 Å². The van der Waals surface area contributed by atoms with Crippen LogP contribution in [0.4, 0.5) is 11.4 Å². The third-order valence-corrected chi connectivity index (χ3v) is 6.24. The standard InChI is InChI=1S/2C14H11N3O3/c2*1-20-11-5-2-9(3-6-11)14-12-7-4-10(17(18)19)8-13(12)15-16-14/h2*2-8H,1H3,(H,15,16). The van der Waals surface area contributed by atoms with Crippen LogP contribution >= 0.6 is 0 Å². The van der Waals surface area contributed by atoms with Crippen molar-refractivity contribution in [1.82, 2.24) is 20.4 Å². The number of hydrogen-bond donors (Lipinski definition) is 2. The molecule has 0 aliphatic heterocycles. The number of H-pyrrole nitrogens is 2. The van der Waals surface area contributed by atoms with Gasteiger partial charge in [0.15, 0.2) is 0 Å². The lowest BCUT2D eigenvalue weighted by molar-refractivity contribution is -0.384. The number of fused-ring (bicyclic) bond motifs is 2. The van der Waals surface area contributed by atoms with E-state index < -0.39 is 9.85 Å². The Morgan fingerprint density at radius 3 is 1.30 bits per heavy atom. The molecule has 12 nitrogen and oxygen atoms in total. The van der Waals surface area contributed by atoms with Crippen LogP contribution in [-0.2, 0) is 0 Å². The zero-order chi connectivity index (χ0) is 28.2. The smallest absolute Gasteiger partial charge is 0.271 e. The lowest BCUT2D eigenvalue weighted by Gasteiger charge is -2.01. The highest BCUT2D eigenvalue weighted by atomic mass is 16.6. The van der Waals surface area contributed by atoms with E-state index >= 15 is 0 Å². The summed E-state index contributed by atoms with van der Waals surface area (Å²) in [6.45, 7) is 0. The topological polar surface area (TPSA) is 162 Å². The maximum atomic E-state index is 10.7. The molecule has 0 amide bonds. The first-order chi connectivity index (χ1) is 19.4. The second-order valence-corrected chi connectivity index (χ2v) is 8.58. The van der Waals surface area contributed by atoms with Crippen LogP contribution in [0.3, 0.4) is 0 Å². The molecule has 0 radical (unpaired) electrons. The Hall–Kier alpha value is -5.78. The van der Waals surface area contributed by atoms with E-state index in [-0.39, 0.29) is 11.4 Å². The van der Waals surface area contributed by atoms with Crippen LogP contribution in [0.1, 0.15) is 0 Å². The predicted octanol–water partition coefficient (Wildman–Crippen LogP) is 6.29. The summed E-state index contributed by atoms with van der Waals surface area (Å²) in [5, 5.41) is 37.3. The Morgan fingerprint density at radius 2 is 0.975 bits per heavy atom. The van der Waals surface area contributed by atoms with Gasteiger partial charge in [0, 0.05) is 46.2 Å². The van der Waals surface area contributed by atoms with E-state index in [1.807, 2.05) is 48.5 Å². The van der Waals surface area contributed by atoms with Gasteiger partial charge in [0.25, 0.3) is 11.4 Å². The van der Waals surface area contributed by atoms with Crippen LogP contribution in [0.25, 0.3) is 44.3 Å². The van der Waals surface area contributed by atoms with Crippen molar-refractivity contribution in [1.29, 1.82) is 0 Å². The van der Waals surface area contributed by atoms with Gasteiger partial charge in [-0.3, -0.25) is 30.4 Å². The molecule has 0 unspecified atom stereocenters. The number of aromatic amines is 2. The van der Waals surface area contributed by atoms with Gasteiger partial charge in [-0.2, -0.15) is 10.2 Å². The number of hydrogen-bond acceptors (Lipinski definition) is 8. The fourth-order valence-electron chi connectivity index (χ4n) is 4.18. The molecule has 200 valence electrons. The minimum atomic E-state index is -0.423. The fourth-order valence-corrected chi connectivity index (χ4v) is 4.18. The van der Waals surface area contributed by atoms with Gasteiger partial charge >= 0.3 is 0 Å². The summed E-state index contributed by atoms with van der Waals surface area (Å²) < 4.78 is 10.2. The maximum Gasteiger partial charge on any atom is 0.271 e. The average Bonchev–Trinajstić information content (AvgIpc) is 3.61. The van der Waals surface area contributed by atoms with Crippen LogP contribution in [0.15, 0.2) is 84.9 Å². The molecule has 2 N–H and O–H groups in total. The summed E-state index contributed by atoms with van der Waals surface area (Å²) in [4.78, 5) is 20.7. The van der Waals surface area contributed by atoms with E-state index in [0.717, 1.165) is 44.8 Å². The second-order valence-electron chi connectivity index (χ2n) is 8.58. The third-order valence-electron chi connectivity index (χ3n) is 6.24. The van der Waals surface area contributed by atoms with Crippen LogP contribution in [0, 0.1) is 20.2 Å². The first-order valence-electron chi connectivity index (χ1n) is 11.9. The largest absolute Gasteiger partial charge is 0.497 e. The number of aromatic nitrogens is 4. The molecular weight excluding hydrogens is 516 g/mol. The Morgan fingerprint density at radius 1 is 0.600 bits per heavy atom. The Bertz CT molecular complexity index is 1690. The third kappa shape index (κ3) is 5.13.